The van der Waals surface area contributed by atoms with Gasteiger partial charge in [-0.15, -0.1) is 24.5 Å². The van der Waals surface area contributed by atoms with E-state index in [4.69, 9.17) is 0 Å². The summed E-state index contributed by atoms with van der Waals surface area (Å²) in [5, 5.41) is 2.48. The maximum Gasteiger partial charge on any atom is 0.394 e. The van der Waals surface area contributed by atoms with Gasteiger partial charge in [0.1, 0.15) is 0 Å². The van der Waals surface area contributed by atoms with E-state index in [2.05, 4.69) is 79.1 Å². The Hall–Kier alpha value is -1.91. The van der Waals surface area contributed by atoms with Gasteiger partial charge in [0.05, 0.1) is 5.69 Å². The molecule has 0 aromatic heterocycles. The zero-order valence-corrected chi connectivity index (χ0v) is 21.9. The SMILES string of the molecule is CN1[B]N(c2[c-]cccc2)c2ccccc21.Pc1ccccc1.Pc1ccccc1.[Pt]. The second-order valence-corrected chi connectivity index (χ2v) is 7.99. The van der Waals surface area contributed by atoms with Crippen LogP contribution in [0, 0.1) is 6.07 Å². The quantitative estimate of drug-likeness (QED) is 0.168. The Morgan fingerprint density at radius 2 is 1.13 bits per heavy atom. The fraction of sp³-hybridized carbons (Fsp3) is 0.0400. The number of hydrogen-bond donors (Lipinski definition) is 0. The molecule has 31 heavy (non-hydrogen) atoms. The van der Waals surface area contributed by atoms with Crippen molar-refractivity contribution in [3.8, 4) is 0 Å². The molecule has 1 aliphatic rings. The van der Waals surface area contributed by atoms with Crippen molar-refractivity contribution in [2.45, 2.75) is 0 Å². The molecule has 2 nitrogen and oxygen atoms in total. The summed E-state index contributed by atoms with van der Waals surface area (Å²) in [4.78, 5) is 4.27. The topological polar surface area (TPSA) is 6.48 Å². The van der Waals surface area contributed by atoms with E-state index in [0.717, 1.165) is 5.69 Å². The number of nitrogens with zero attached hydrogens (tertiary/aromatic N) is 2. The summed E-state index contributed by atoms with van der Waals surface area (Å²) in [6.07, 6.45) is 0. The largest absolute Gasteiger partial charge is 0.400 e. The van der Waals surface area contributed by atoms with Crippen LogP contribution >= 0.6 is 18.5 Å². The smallest absolute Gasteiger partial charge is 0.394 e. The van der Waals surface area contributed by atoms with E-state index in [-0.39, 0.29) is 21.1 Å². The molecule has 0 saturated carbocycles. The minimum atomic E-state index is 0. The third-order valence-electron chi connectivity index (χ3n) is 4.36. The number of anilines is 3. The van der Waals surface area contributed by atoms with Crippen molar-refractivity contribution in [3.05, 3.63) is 115 Å². The molecule has 0 saturated heterocycles. The molecule has 6 heteroatoms. The summed E-state index contributed by atoms with van der Waals surface area (Å²) in [6.45, 7) is 0. The molecule has 159 valence electrons. The summed E-state index contributed by atoms with van der Waals surface area (Å²) in [7, 11) is 9.40. The van der Waals surface area contributed by atoms with Crippen molar-refractivity contribution in [2.75, 3.05) is 16.7 Å². The fourth-order valence-corrected chi connectivity index (χ4v) is 3.34. The molecule has 2 atom stereocenters. The summed E-state index contributed by atoms with van der Waals surface area (Å²) in [5.41, 5.74) is 3.49. The molecule has 5 rings (SSSR count). The average molecular weight is 621 g/mol. The minimum Gasteiger partial charge on any atom is -0.400 e. The van der Waals surface area contributed by atoms with Crippen LogP contribution in [-0.4, -0.2) is 14.6 Å². The van der Waals surface area contributed by atoms with Gasteiger partial charge in [-0.2, -0.15) is 24.3 Å². The molecule has 1 heterocycles. The van der Waals surface area contributed by atoms with Gasteiger partial charge >= 0.3 is 7.55 Å². The van der Waals surface area contributed by atoms with E-state index < -0.39 is 0 Å². The predicted octanol–water partition coefficient (Wildman–Crippen LogP) is 4.98. The van der Waals surface area contributed by atoms with E-state index in [9.17, 15) is 0 Å². The molecule has 0 N–H and O–H groups in total. The van der Waals surface area contributed by atoms with Crippen molar-refractivity contribution >= 4 is 53.7 Å². The van der Waals surface area contributed by atoms with Gasteiger partial charge in [-0.05, 0) is 29.8 Å². The molecule has 1 aliphatic heterocycles. The minimum absolute atomic E-state index is 0. The van der Waals surface area contributed by atoms with Crippen LogP contribution in [0.2, 0.25) is 0 Å². The van der Waals surface area contributed by atoms with Crippen LogP contribution < -0.4 is 20.2 Å². The zero-order valence-electron chi connectivity index (χ0n) is 17.3. The second kappa shape index (κ2) is 13.5. The van der Waals surface area contributed by atoms with Crippen molar-refractivity contribution in [3.63, 3.8) is 0 Å². The Bertz CT molecular complexity index is 984. The van der Waals surface area contributed by atoms with Gasteiger partial charge in [-0.3, -0.25) is 0 Å². The van der Waals surface area contributed by atoms with Crippen molar-refractivity contribution in [2.24, 2.45) is 0 Å². The number of hydrogen-bond acceptors (Lipinski definition) is 2. The molecule has 0 amide bonds. The first-order valence-corrected chi connectivity index (χ1v) is 10.8. The predicted molar refractivity (Wildman–Crippen MR) is 140 cm³/mol. The average Bonchev–Trinajstić information content (AvgIpc) is 3.13. The molecule has 2 unspecified atom stereocenters. The van der Waals surface area contributed by atoms with Gasteiger partial charge < -0.3 is 9.62 Å². The van der Waals surface area contributed by atoms with Crippen LogP contribution in [0.15, 0.2) is 109 Å². The molecule has 4 aromatic rings. The number of para-hydroxylation sites is 3. The molecule has 0 spiro atoms. The Kier molecular flexibility index (Phi) is 11.0. The Labute approximate surface area is 206 Å². The Morgan fingerprint density at radius 3 is 1.58 bits per heavy atom. The normalized spacial score (nSPS) is 10.9. The van der Waals surface area contributed by atoms with Gasteiger partial charge in [-0.1, -0.05) is 78.5 Å². The van der Waals surface area contributed by atoms with Gasteiger partial charge in [-0.25, -0.2) is 0 Å². The Balaban J connectivity index is 0.000000190. The first-order valence-electron chi connectivity index (χ1n) is 9.69. The molecule has 4 aromatic carbocycles. The maximum absolute atomic E-state index is 3.24. The summed E-state index contributed by atoms with van der Waals surface area (Å²) < 4.78 is 0. The first-order chi connectivity index (χ1) is 14.6. The molecular formula is C25H25BN2P2Pt-. The van der Waals surface area contributed by atoms with Gasteiger partial charge in [0.15, 0.2) is 0 Å². The second-order valence-electron chi connectivity index (χ2n) is 6.65. The van der Waals surface area contributed by atoms with Crippen molar-refractivity contribution < 1.29 is 21.1 Å². The fourth-order valence-electron chi connectivity index (χ4n) is 2.90. The van der Waals surface area contributed by atoms with Crippen LogP contribution in [-0.2, 0) is 21.1 Å². The maximum atomic E-state index is 3.24. The summed E-state index contributed by atoms with van der Waals surface area (Å²) in [5.74, 6) is 0. The van der Waals surface area contributed by atoms with Crippen LogP contribution in [0.25, 0.3) is 0 Å². The molecule has 0 fully saturated rings. The van der Waals surface area contributed by atoms with Crippen LogP contribution in [0.4, 0.5) is 17.1 Å². The van der Waals surface area contributed by atoms with E-state index in [1.54, 1.807) is 0 Å². The standard InChI is InChI=1S/C13H11BN2.2C6H7P.Pt/c1-15-12-9-5-6-10-13(12)16(14-15)11-7-3-2-4-8-11;2*7-6-4-2-1-3-5-6;/h2-7,9-10H,1H3;2*1-5H,7H2;/q-1;;;. The van der Waals surface area contributed by atoms with Crippen LogP contribution in [0.5, 0.6) is 0 Å². The first kappa shape index (κ1) is 25.4. The third kappa shape index (κ3) is 7.94. The summed E-state index contributed by atoms with van der Waals surface area (Å²) in [6, 6.07) is 39.9. The molecule has 0 aliphatic carbocycles. The number of fused-ring (bicyclic) bond motifs is 1. The molecule has 1 radical (unpaired) electrons. The van der Waals surface area contributed by atoms with Gasteiger partial charge in [0.2, 0.25) is 0 Å². The van der Waals surface area contributed by atoms with Gasteiger partial charge in [0.25, 0.3) is 0 Å². The molecular weight excluding hydrogens is 596 g/mol. The molecule has 0 bridgehead atoms. The van der Waals surface area contributed by atoms with E-state index in [1.165, 1.54) is 22.0 Å². The van der Waals surface area contributed by atoms with E-state index in [1.807, 2.05) is 78.9 Å². The van der Waals surface area contributed by atoms with E-state index in [0.29, 0.717) is 0 Å². The van der Waals surface area contributed by atoms with E-state index >= 15 is 0 Å². The third-order valence-corrected chi connectivity index (χ3v) is 5.13. The number of rotatable bonds is 1. The van der Waals surface area contributed by atoms with Gasteiger partial charge in [0, 0.05) is 26.8 Å². The van der Waals surface area contributed by atoms with Crippen molar-refractivity contribution in [1.29, 1.82) is 0 Å². The van der Waals surface area contributed by atoms with Crippen LogP contribution in [0.3, 0.4) is 0 Å². The number of benzene rings is 4. The Morgan fingerprint density at radius 1 is 0.645 bits per heavy atom. The summed E-state index contributed by atoms with van der Waals surface area (Å²) >= 11 is 0. The van der Waals surface area contributed by atoms with Crippen LogP contribution in [0.1, 0.15) is 0 Å². The van der Waals surface area contributed by atoms with Crippen molar-refractivity contribution in [1.82, 2.24) is 0 Å². The monoisotopic (exact) mass is 621 g/mol. The zero-order chi connectivity index (χ0) is 21.2.